The van der Waals surface area contributed by atoms with Crippen LogP contribution >= 0.6 is 0 Å². The molecule has 6 heteroatoms. The van der Waals surface area contributed by atoms with Crippen LogP contribution < -0.4 is 5.73 Å². The van der Waals surface area contributed by atoms with Gasteiger partial charge in [-0.1, -0.05) is 0 Å². The first-order valence-corrected chi connectivity index (χ1v) is 3.68. The Balaban J connectivity index is 3.50. The van der Waals surface area contributed by atoms with E-state index in [1.807, 2.05) is 0 Å². The minimum atomic E-state index is -2.97. The lowest BCUT2D eigenvalue weighted by atomic mass is 10.1. The molecule has 0 spiro atoms. The number of carbonyl (C=O) groups is 1. The van der Waals surface area contributed by atoms with Crippen LogP contribution in [0.1, 0.15) is 28.0 Å². The Hall–Kier alpha value is -1.59. The Labute approximate surface area is 77.7 Å². The van der Waals surface area contributed by atoms with Crippen LogP contribution in [-0.2, 0) is 0 Å². The van der Waals surface area contributed by atoms with E-state index in [1.54, 1.807) is 0 Å². The van der Waals surface area contributed by atoms with Crippen molar-refractivity contribution in [1.29, 1.82) is 0 Å². The lowest BCUT2D eigenvalue weighted by Crippen LogP contribution is -2.18. The number of hydrogen-bond donors (Lipinski definition) is 1. The third-order valence-corrected chi connectivity index (χ3v) is 1.73. The molecule has 0 atom stereocenters. The molecule has 0 saturated heterocycles. The van der Waals surface area contributed by atoms with E-state index in [0.717, 1.165) is 0 Å². The van der Waals surface area contributed by atoms with Crippen molar-refractivity contribution in [3.05, 3.63) is 28.8 Å². The minimum Gasteiger partial charge on any atom is -0.365 e. The quantitative estimate of drug-likeness (QED) is 0.794. The number of aryl methyl sites for hydroxylation is 1. The number of amides is 1. The fourth-order valence-electron chi connectivity index (χ4n) is 1.11. The Morgan fingerprint density at radius 2 is 2.14 bits per heavy atom. The summed E-state index contributed by atoms with van der Waals surface area (Å²) in [5.74, 6) is -2.35. The number of carbonyl (C=O) groups excluding carboxylic acids is 1. The highest BCUT2D eigenvalue weighted by atomic mass is 19.3. The summed E-state index contributed by atoms with van der Waals surface area (Å²) < 4.78 is 37.8. The van der Waals surface area contributed by atoms with Gasteiger partial charge >= 0.3 is 0 Å². The molecular formula is C8H7F3N2O. The third kappa shape index (κ3) is 1.68. The molecule has 3 nitrogen and oxygen atoms in total. The molecule has 0 radical (unpaired) electrons. The van der Waals surface area contributed by atoms with Crippen LogP contribution in [0.2, 0.25) is 0 Å². The molecule has 1 rings (SSSR count). The van der Waals surface area contributed by atoms with Crippen LogP contribution in [0.25, 0.3) is 0 Å². The predicted octanol–water partition coefficient (Wildman–Crippen LogP) is 1.57. The molecule has 1 aromatic heterocycles. The van der Waals surface area contributed by atoms with Gasteiger partial charge in [-0.2, -0.15) is 0 Å². The monoisotopic (exact) mass is 204 g/mol. The van der Waals surface area contributed by atoms with Gasteiger partial charge in [0.05, 0.1) is 17.3 Å². The van der Waals surface area contributed by atoms with Gasteiger partial charge in [-0.15, -0.1) is 0 Å². The van der Waals surface area contributed by atoms with E-state index in [2.05, 4.69) is 4.98 Å². The van der Waals surface area contributed by atoms with Crippen LogP contribution in [0, 0.1) is 12.7 Å². The van der Waals surface area contributed by atoms with E-state index >= 15 is 0 Å². The smallest absolute Gasteiger partial charge is 0.266 e. The summed E-state index contributed by atoms with van der Waals surface area (Å²) in [6, 6.07) is 0. The van der Waals surface area contributed by atoms with Crippen molar-refractivity contribution in [2.75, 3.05) is 0 Å². The van der Waals surface area contributed by atoms with Crippen molar-refractivity contribution >= 4 is 5.91 Å². The van der Waals surface area contributed by atoms with Gasteiger partial charge in [0.1, 0.15) is 0 Å². The Morgan fingerprint density at radius 1 is 1.57 bits per heavy atom. The zero-order valence-corrected chi connectivity index (χ0v) is 7.22. The molecule has 0 saturated carbocycles. The summed E-state index contributed by atoms with van der Waals surface area (Å²) in [5, 5.41) is 0. The number of halogens is 3. The lowest BCUT2D eigenvalue weighted by Gasteiger charge is -2.08. The summed E-state index contributed by atoms with van der Waals surface area (Å²) >= 11 is 0. The van der Waals surface area contributed by atoms with Crippen LogP contribution in [0.15, 0.2) is 6.20 Å². The number of alkyl halides is 2. The molecular weight excluding hydrogens is 197 g/mol. The Kier molecular flexibility index (Phi) is 2.73. The van der Waals surface area contributed by atoms with Gasteiger partial charge in [0, 0.05) is 5.69 Å². The van der Waals surface area contributed by atoms with Crippen molar-refractivity contribution in [2.24, 2.45) is 5.73 Å². The molecule has 2 N–H and O–H groups in total. The second kappa shape index (κ2) is 3.65. The standard InChI is InChI=1S/C8H7F3N2O/c1-3-5(7(10)11)6(8(12)14)4(9)2-13-3/h2,7H,1H3,(H2,12,14). The summed E-state index contributed by atoms with van der Waals surface area (Å²) in [7, 11) is 0. The van der Waals surface area contributed by atoms with E-state index in [1.165, 1.54) is 6.92 Å². The van der Waals surface area contributed by atoms with Gasteiger partial charge in [-0.3, -0.25) is 9.78 Å². The van der Waals surface area contributed by atoms with Crippen LogP contribution in [0.3, 0.4) is 0 Å². The summed E-state index contributed by atoms with van der Waals surface area (Å²) in [6.07, 6.45) is -2.28. The zero-order valence-electron chi connectivity index (χ0n) is 7.22. The fourth-order valence-corrected chi connectivity index (χ4v) is 1.11. The van der Waals surface area contributed by atoms with Crippen molar-refractivity contribution in [1.82, 2.24) is 4.98 Å². The molecule has 1 heterocycles. The maximum Gasteiger partial charge on any atom is 0.266 e. The van der Waals surface area contributed by atoms with Crippen molar-refractivity contribution in [3.63, 3.8) is 0 Å². The lowest BCUT2D eigenvalue weighted by molar-refractivity contribution is 0.0980. The predicted molar refractivity (Wildman–Crippen MR) is 42.4 cm³/mol. The fraction of sp³-hybridized carbons (Fsp3) is 0.250. The molecule has 0 aliphatic rings. The normalized spacial score (nSPS) is 10.6. The molecule has 1 aromatic rings. The number of hydrogen-bond acceptors (Lipinski definition) is 2. The molecule has 0 aliphatic carbocycles. The first-order chi connectivity index (χ1) is 6.45. The van der Waals surface area contributed by atoms with Crippen molar-refractivity contribution in [3.8, 4) is 0 Å². The van der Waals surface area contributed by atoms with Crippen molar-refractivity contribution in [2.45, 2.75) is 13.3 Å². The van der Waals surface area contributed by atoms with E-state index in [0.29, 0.717) is 6.20 Å². The number of primary amides is 1. The highest BCUT2D eigenvalue weighted by Crippen LogP contribution is 2.26. The van der Waals surface area contributed by atoms with E-state index in [-0.39, 0.29) is 5.69 Å². The topological polar surface area (TPSA) is 56.0 Å². The number of rotatable bonds is 2. The first-order valence-electron chi connectivity index (χ1n) is 3.68. The number of pyridine rings is 1. The third-order valence-electron chi connectivity index (χ3n) is 1.73. The van der Waals surface area contributed by atoms with Crippen LogP contribution in [0.5, 0.6) is 0 Å². The van der Waals surface area contributed by atoms with Gasteiger partial charge in [-0.25, -0.2) is 13.2 Å². The molecule has 0 unspecified atom stereocenters. The van der Waals surface area contributed by atoms with Gasteiger partial charge in [0.2, 0.25) is 0 Å². The maximum atomic E-state index is 12.9. The van der Waals surface area contributed by atoms with Crippen molar-refractivity contribution < 1.29 is 18.0 Å². The molecule has 0 fully saturated rings. The molecule has 14 heavy (non-hydrogen) atoms. The second-order valence-electron chi connectivity index (χ2n) is 2.65. The van der Waals surface area contributed by atoms with Gasteiger partial charge < -0.3 is 5.73 Å². The zero-order chi connectivity index (χ0) is 10.9. The Morgan fingerprint density at radius 3 is 2.50 bits per heavy atom. The van der Waals surface area contributed by atoms with Crippen LogP contribution in [-0.4, -0.2) is 10.9 Å². The highest BCUT2D eigenvalue weighted by Gasteiger charge is 2.23. The number of aromatic nitrogens is 1. The first kappa shape index (κ1) is 10.5. The van der Waals surface area contributed by atoms with E-state index in [4.69, 9.17) is 5.73 Å². The van der Waals surface area contributed by atoms with Crippen LogP contribution in [0.4, 0.5) is 13.2 Å². The average molecular weight is 204 g/mol. The molecule has 0 bridgehead atoms. The molecule has 0 aliphatic heterocycles. The summed E-state index contributed by atoms with van der Waals surface area (Å²) in [6.45, 7) is 1.26. The van der Waals surface area contributed by atoms with E-state index < -0.39 is 29.3 Å². The van der Waals surface area contributed by atoms with Gasteiger partial charge in [0.25, 0.3) is 12.3 Å². The summed E-state index contributed by atoms with van der Waals surface area (Å²) in [4.78, 5) is 14.1. The van der Waals surface area contributed by atoms with Gasteiger partial charge in [-0.05, 0) is 6.92 Å². The molecule has 76 valence electrons. The highest BCUT2D eigenvalue weighted by molar-refractivity contribution is 5.94. The number of nitrogens with two attached hydrogens (primary N) is 1. The Bertz CT molecular complexity index is 379. The molecule has 1 amide bonds. The summed E-state index contributed by atoms with van der Waals surface area (Å²) in [5.41, 5.74) is 3.16. The van der Waals surface area contributed by atoms with Gasteiger partial charge in [0.15, 0.2) is 5.82 Å². The van der Waals surface area contributed by atoms with E-state index in [9.17, 15) is 18.0 Å². The second-order valence-corrected chi connectivity index (χ2v) is 2.65. The minimum absolute atomic E-state index is 0.102. The number of nitrogens with zero attached hydrogens (tertiary/aromatic N) is 1. The largest absolute Gasteiger partial charge is 0.365 e. The molecule has 0 aromatic carbocycles. The SMILES string of the molecule is Cc1ncc(F)c(C(N)=O)c1C(F)F. The maximum absolute atomic E-state index is 12.9. The average Bonchev–Trinajstić information content (AvgIpc) is 2.07.